The molecule has 1 aliphatic rings. The zero-order chi connectivity index (χ0) is 14.0. The van der Waals surface area contributed by atoms with Crippen molar-refractivity contribution in [1.29, 1.82) is 0 Å². The Morgan fingerprint density at radius 3 is 2.25 bits per heavy atom. The van der Waals surface area contributed by atoms with Crippen molar-refractivity contribution in [3.05, 3.63) is 24.3 Å². The van der Waals surface area contributed by atoms with Crippen LogP contribution < -0.4 is 10.2 Å². The number of hydrogen-bond acceptors (Lipinski definition) is 2. The van der Waals surface area contributed by atoms with E-state index in [1.165, 1.54) is 75.8 Å². The fraction of sp³-hybridized carbons (Fsp3) is 0.667. The fourth-order valence-corrected chi connectivity index (χ4v) is 2.90. The van der Waals surface area contributed by atoms with Crippen molar-refractivity contribution in [2.75, 3.05) is 29.9 Å². The molecule has 20 heavy (non-hydrogen) atoms. The average Bonchev–Trinajstić information content (AvgIpc) is 3.01. The van der Waals surface area contributed by atoms with E-state index >= 15 is 0 Å². The highest BCUT2D eigenvalue weighted by Gasteiger charge is 2.11. The van der Waals surface area contributed by atoms with Gasteiger partial charge in [0.15, 0.2) is 0 Å². The number of nitrogens with one attached hydrogen (secondary N) is 1. The Morgan fingerprint density at radius 1 is 0.900 bits per heavy atom. The largest absolute Gasteiger partial charge is 0.385 e. The van der Waals surface area contributed by atoms with Gasteiger partial charge in [-0.15, -0.1) is 0 Å². The fourth-order valence-electron chi connectivity index (χ4n) is 2.90. The van der Waals surface area contributed by atoms with Gasteiger partial charge < -0.3 is 10.2 Å². The summed E-state index contributed by atoms with van der Waals surface area (Å²) in [4.78, 5) is 2.48. The highest BCUT2D eigenvalue weighted by Crippen LogP contribution is 2.22. The summed E-state index contributed by atoms with van der Waals surface area (Å²) in [5.41, 5.74) is 2.65. The molecule has 2 rings (SSSR count). The van der Waals surface area contributed by atoms with Crippen LogP contribution in [0.3, 0.4) is 0 Å². The Labute approximate surface area is 124 Å². The molecule has 1 aliphatic heterocycles. The molecular weight excluding hydrogens is 244 g/mol. The summed E-state index contributed by atoms with van der Waals surface area (Å²) in [5, 5.41) is 3.53. The molecule has 2 heteroatoms. The Balaban J connectivity index is 1.61. The molecule has 1 aromatic rings. The van der Waals surface area contributed by atoms with Crippen molar-refractivity contribution in [1.82, 2.24) is 0 Å². The molecule has 0 radical (unpaired) electrons. The molecule has 0 unspecified atom stereocenters. The van der Waals surface area contributed by atoms with E-state index in [2.05, 4.69) is 41.4 Å². The van der Waals surface area contributed by atoms with Gasteiger partial charge in [0, 0.05) is 31.0 Å². The lowest BCUT2D eigenvalue weighted by molar-refractivity contribution is 0.617. The Hall–Kier alpha value is -1.18. The monoisotopic (exact) mass is 274 g/mol. The number of rotatable bonds is 9. The highest BCUT2D eigenvalue weighted by atomic mass is 15.1. The normalized spacial score (nSPS) is 14.8. The molecule has 1 aromatic carbocycles. The van der Waals surface area contributed by atoms with Crippen LogP contribution >= 0.6 is 0 Å². The number of unbranched alkanes of at least 4 members (excludes halogenated alkanes) is 5. The van der Waals surface area contributed by atoms with E-state index in [0.29, 0.717) is 0 Å². The summed E-state index contributed by atoms with van der Waals surface area (Å²) in [6.45, 7) is 5.83. The lowest BCUT2D eigenvalue weighted by Gasteiger charge is -2.18. The Bertz CT molecular complexity index is 352. The number of hydrogen-bond donors (Lipinski definition) is 1. The van der Waals surface area contributed by atoms with Gasteiger partial charge in [0.05, 0.1) is 0 Å². The summed E-state index contributed by atoms with van der Waals surface area (Å²) in [7, 11) is 0. The molecule has 0 spiro atoms. The maximum Gasteiger partial charge on any atom is 0.0367 e. The van der Waals surface area contributed by atoms with Crippen LogP contribution in [-0.2, 0) is 0 Å². The third-order valence-corrected chi connectivity index (χ3v) is 4.20. The molecule has 0 bridgehead atoms. The first kappa shape index (κ1) is 15.2. The summed E-state index contributed by atoms with van der Waals surface area (Å²) in [6, 6.07) is 8.97. The van der Waals surface area contributed by atoms with Gasteiger partial charge in [0.1, 0.15) is 0 Å². The van der Waals surface area contributed by atoms with Crippen LogP contribution in [0.25, 0.3) is 0 Å². The van der Waals surface area contributed by atoms with Gasteiger partial charge in [-0.25, -0.2) is 0 Å². The van der Waals surface area contributed by atoms with Gasteiger partial charge in [0.2, 0.25) is 0 Å². The maximum absolute atomic E-state index is 3.53. The van der Waals surface area contributed by atoms with Crippen molar-refractivity contribution in [2.45, 2.75) is 58.3 Å². The first-order chi connectivity index (χ1) is 9.90. The van der Waals surface area contributed by atoms with Crippen LogP contribution in [-0.4, -0.2) is 19.6 Å². The van der Waals surface area contributed by atoms with Gasteiger partial charge in [-0.05, 0) is 43.5 Å². The van der Waals surface area contributed by atoms with E-state index in [9.17, 15) is 0 Å². The predicted molar refractivity (Wildman–Crippen MR) is 89.8 cm³/mol. The minimum atomic E-state index is 1.11. The first-order valence-corrected chi connectivity index (χ1v) is 8.49. The molecular formula is C18H30N2. The lowest BCUT2D eigenvalue weighted by Crippen LogP contribution is -2.17. The number of benzene rings is 1. The molecule has 1 N–H and O–H groups in total. The van der Waals surface area contributed by atoms with Crippen LogP contribution in [0.2, 0.25) is 0 Å². The van der Waals surface area contributed by atoms with Gasteiger partial charge >= 0.3 is 0 Å². The average molecular weight is 274 g/mol. The molecule has 2 nitrogen and oxygen atoms in total. The van der Waals surface area contributed by atoms with E-state index in [1.807, 2.05) is 0 Å². The van der Waals surface area contributed by atoms with Crippen LogP contribution in [0.4, 0.5) is 11.4 Å². The third kappa shape index (κ3) is 5.07. The highest BCUT2D eigenvalue weighted by molar-refractivity contribution is 5.55. The topological polar surface area (TPSA) is 15.3 Å². The molecule has 0 aromatic heterocycles. The molecule has 0 amide bonds. The second kappa shape index (κ2) is 8.89. The van der Waals surface area contributed by atoms with Gasteiger partial charge in [0.25, 0.3) is 0 Å². The van der Waals surface area contributed by atoms with Crippen LogP contribution in [0, 0.1) is 0 Å². The second-order valence-corrected chi connectivity index (χ2v) is 5.94. The Kier molecular flexibility index (Phi) is 6.76. The van der Waals surface area contributed by atoms with Crippen molar-refractivity contribution < 1.29 is 0 Å². The zero-order valence-electron chi connectivity index (χ0n) is 13.0. The molecule has 0 saturated carbocycles. The Morgan fingerprint density at radius 2 is 1.55 bits per heavy atom. The lowest BCUT2D eigenvalue weighted by atomic mass is 10.1. The SMILES string of the molecule is CCCCCCCCNc1ccc(N2CCCC2)cc1. The summed E-state index contributed by atoms with van der Waals surface area (Å²) in [6.07, 6.45) is 10.9. The molecule has 0 aliphatic carbocycles. The van der Waals surface area contributed by atoms with E-state index in [-0.39, 0.29) is 0 Å². The summed E-state index contributed by atoms with van der Waals surface area (Å²) >= 11 is 0. The first-order valence-electron chi connectivity index (χ1n) is 8.49. The van der Waals surface area contributed by atoms with E-state index in [1.54, 1.807) is 0 Å². The van der Waals surface area contributed by atoms with E-state index in [4.69, 9.17) is 0 Å². The van der Waals surface area contributed by atoms with Crippen LogP contribution in [0.1, 0.15) is 58.3 Å². The molecule has 0 atom stereocenters. The van der Waals surface area contributed by atoms with E-state index < -0.39 is 0 Å². The van der Waals surface area contributed by atoms with Gasteiger partial charge in [-0.1, -0.05) is 39.0 Å². The van der Waals surface area contributed by atoms with Gasteiger partial charge in [-0.2, -0.15) is 0 Å². The molecule has 112 valence electrons. The van der Waals surface area contributed by atoms with Crippen molar-refractivity contribution >= 4 is 11.4 Å². The molecule has 1 fully saturated rings. The third-order valence-electron chi connectivity index (χ3n) is 4.20. The molecule has 1 heterocycles. The van der Waals surface area contributed by atoms with Crippen LogP contribution in [0.15, 0.2) is 24.3 Å². The van der Waals surface area contributed by atoms with Gasteiger partial charge in [-0.3, -0.25) is 0 Å². The number of nitrogens with zero attached hydrogens (tertiary/aromatic N) is 1. The van der Waals surface area contributed by atoms with Crippen molar-refractivity contribution in [3.63, 3.8) is 0 Å². The standard InChI is InChI=1S/C18H30N2/c1-2-3-4-5-6-7-14-19-17-10-12-18(13-11-17)20-15-8-9-16-20/h10-13,19H,2-9,14-16H2,1H3. The minimum absolute atomic E-state index is 1.11. The predicted octanol–water partition coefficient (Wildman–Crippen LogP) is 5.06. The maximum atomic E-state index is 3.53. The summed E-state index contributed by atoms with van der Waals surface area (Å²) < 4.78 is 0. The quantitative estimate of drug-likeness (QED) is 0.633. The van der Waals surface area contributed by atoms with E-state index in [0.717, 1.165) is 6.54 Å². The van der Waals surface area contributed by atoms with Crippen LogP contribution in [0.5, 0.6) is 0 Å². The minimum Gasteiger partial charge on any atom is -0.385 e. The van der Waals surface area contributed by atoms with Crippen molar-refractivity contribution in [3.8, 4) is 0 Å². The second-order valence-electron chi connectivity index (χ2n) is 5.94. The number of anilines is 2. The van der Waals surface area contributed by atoms with Crippen molar-refractivity contribution in [2.24, 2.45) is 0 Å². The summed E-state index contributed by atoms with van der Waals surface area (Å²) in [5.74, 6) is 0. The molecule has 1 saturated heterocycles. The smallest absolute Gasteiger partial charge is 0.0367 e. The zero-order valence-corrected chi connectivity index (χ0v) is 13.0.